The van der Waals surface area contributed by atoms with Crippen LogP contribution in [0.3, 0.4) is 0 Å². The van der Waals surface area contributed by atoms with Gasteiger partial charge in [-0.3, -0.25) is 4.68 Å². The van der Waals surface area contributed by atoms with Crippen molar-refractivity contribution in [3.63, 3.8) is 0 Å². The molecular formula is C16H16F5N3O2S. The molecule has 5 nitrogen and oxygen atoms in total. The summed E-state index contributed by atoms with van der Waals surface area (Å²) in [5.41, 5.74) is -0.341. The van der Waals surface area contributed by atoms with Crippen LogP contribution >= 0.6 is 0 Å². The van der Waals surface area contributed by atoms with Gasteiger partial charge in [-0.1, -0.05) is 0 Å². The summed E-state index contributed by atoms with van der Waals surface area (Å²) in [4.78, 5) is -0.734. The van der Waals surface area contributed by atoms with E-state index in [1.807, 2.05) is 0 Å². The summed E-state index contributed by atoms with van der Waals surface area (Å²) in [6.45, 7) is -0.426. The van der Waals surface area contributed by atoms with Crippen molar-refractivity contribution >= 4 is 10.0 Å². The number of nitrogens with one attached hydrogen (secondary N) is 1. The lowest BCUT2D eigenvalue weighted by molar-refractivity contribution is -0.142. The zero-order valence-corrected chi connectivity index (χ0v) is 14.8. The highest BCUT2D eigenvalue weighted by Crippen LogP contribution is 2.35. The number of rotatable bonds is 5. The molecule has 0 unspecified atom stereocenters. The second-order valence-electron chi connectivity index (χ2n) is 6.17. The number of benzene rings is 1. The first kappa shape index (κ1) is 19.7. The van der Waals surface area contributed by atoms with Crippen LogP contribution in [0.4, 0.5) is 22.0 Å². The van der Waals surface area contributed by atoms with Crippen LogP contribution in [0.1, 0.15) is 29.8 Å². The molecule has 0 radical (unpaired) electrons. The van der Waals surface area contributed by atoms with Crippen molar-refractivity contribution in [3.8, 4) is 0 Å². The van der Waals surface area contributed by atoms with Gasteiger partial charge in [0.2, 0.25) is 10.0 Å². The molecule has 0 amide bonds. The van der Waals surface area contributed by atoms with Crippen LogP contribution in [0.5, 0.6) is 0 Å². The molecule has 1 aliphatic carbocycles. The van der Waals surface area contributed by atoms with Gasteiger partial charge in [-0.15, -0.1) is 0 Å². The van der Waals surface area contributed by atoms with E-state index in [1.165, 1.54) is 0 Å². The van der Waals surface area contributed by atoms with Crippen molar-refractivity contribution in [1.82, 2.24) is 14.5 Å². The third kappa shape index (κ3) is 4.13. The largest absolute Gasteiger partial charge is 0.435 e. The molecule has 0 spiro atoms. The van der Waals surface area contributed by atoms with E-state index in [0.29, 0.717) is 24.6 Å². The van der Waals surface area contributed by atoms with Gasteiger partial charge in [-0.2, -0.15) is 18.3 Å². The smallest absolute Gasteiger partial charge is 0.267 e. The first-order valence-electron chi connectivity index (χ1n) is 8.20. The molecule has 3 rings (SSSR count). The first-order valence-corrected chi connectivity index (χ1v) is 9.68. The summed E-state index contributed by atoms with van der Waals surface area (Å²) in [5.74, 6) is -2.17. The monoisotopic (exact) mass is 409 g/mol. The predicted octanol–water partition coefficient (Wildman–Crippen LogP) is 3.04. The topological polar surface area (TPSA) is 64.0 Å². The second kappa shape index (κ2) is 7.19. The van der Waals surface area contributed by atoms with Gasteiger partial charge < -0.3 is 0 Å². The Balaban J connectivity index is 1.76. The number of alkyl halides is 3. The van der Waals surface area contributed by atoms with E-state index < -0.39 is 38.4 Å². The molecule has 0 saturated heterocycles. The average Bonchev–Trinajstić information content (AvgIpc) is 2.93. The fraction of sp³-hybridized carbons (Fsp3) is 0.438. The molecule has 2 aromatic rings. The van der Waals surface area contributed by atoms with Crippen molar-refractivity contribution in [2.24, 2.45) is 0 Å². The lowest BCUT2D eigenvalue weighted by atomic mass is 9.95. The molecular weight excluding hydrogens is 393 g/mol. The molecule has 0 aliphatic heterocycles. The SMILES string of the molecule is O=S(=O)(NCCn1nc(C(F)(F)F)c2c1CCCC2)c1ccc(F)cc1F. The minimum absolute atomic E-state index is 0.138. The summed E-state index contributed by atoms with van der Waals surface area (Å²) >= 11 is 0. The van der Waals surface area contributed by atoms with Crippen LogP contribution in [0.25, 0.3) is 0 Å². The van der Waals surface area contributed by atoms with Gasteiger partial charge >= 0.3 is 6.18 Å². The Morgan fingerprint density at radius 3 is 2.52 bits per heavy atom. The van der Waals surface area contributed by atoms with Crippen LogP contribution in [-0.2, 0) is 35.6 Å². The number of hydrogen-bond donors (Lipinski definition) is 1. The van der Waals surface area contributed by atoms with Gasteiger partial charge in [0.25, 0.3) is 0 Å². The van der Waals surface area contributed by atoms with E-state index >= 15 is 0 Å². The normalized spacial score (nSPS) is 15.0. The Labute approximate surface area is 152 Å². The Kier molecular flexibility index (Phi) is 5.26. The molecule has 1 aliphatic rings. The van der Waals surface area contributed by atoms with E-state index in [9.17, 15) is 30.4 Å². The molecule has 1 aromatic heterocycles. The first-order chi connectivity index (χ1) is 12.6. The molecule has 0 bridgehead atoms. The Bertz CT molecular complexity index is 954. The van der Waals surface area contributed by atoms with Gasteiger partial charge in [-0.05, 0) is 37.8 Å². The highest BCUT2D eigenvalue weighted by Gasteiger charge is 2.39. The minimum Gasteiger partial charge on any atom is -0.267 e. The summed E-state index contributed by atoms with van der Waals surface area (Å²) in [5, 5.41) is 3.62. The summed E-state index contributed by atoms with van der Waals surface area (Å²) in [6.07, 6.45) is -2.52. The van der Waals surface area contributed by atoms with Gasteiger partial charge in [-0.25, -0.2) is 21.9 Å². The lowest BCUT2D eigenvalue weighted by Crippen LogP contribution is -2.29. The van der Waals surface area contributed by atoms with Gasteiger partial charge in [0.15, 0.2) is 5.69 Å². The molecule has 1 N–H and O–H groups in total. The van der Waals surface area contributed by atoms with Crippen molar-refractivity contribution < 1.29 is 30.4 Å². The molecule has 0 atom stereocenters. The summed E-state index contributed by atoms with van der Waals surface area (Å²) in [7, 11) is -4.28. The number of halogens is 5. The quantitative estimate of drug-likeness (QED) is 0.773. The lowest BCUT2D eigenvalue weighted by Gasteiger charge is -2.15. The van der Waals surface area contributed by atoms with Gasteiger partial charge in [0, 0.05) is 23.9 Å². The van der Waals surface area contributed by atoms with Crippen LogP contribution in [-0.4, -0.2) is 24.7 Å². The van der Waals surface area contributed by atoms with Crippen LogP contribution in [0.15, 0.2) is 23.1 Å². The highest BCUT2D eigenvalue weighted by molar-refractivity contribution is 7.89. The van der Waals surface area contributed by atoms with Crippen LogP contribution in [0.2, 0.25) is 0 Å². The number of sulfonamides is 1. The fourth-order valence-corrected chi connectivity index (χ4v) is 4.22. The maximum Gasteiger partial charge on any atom is 0.435 e. The molecule has 1 heterocycles. The molecule has 148 valence electrons. The van der Waals surface area contributed by atoms with E-state index in [1.54, 1.807) is 0 Å². The average molecular weight is 409 g/mol. The highest BCUT2D eigenvalue weighted by atomic mass is 32.2. The number of fused-ring (bicyclic) bond motifs is 1. The van der Waals surface area contributed by atoms with Crippen LogP contribution in [0, 0.1) is 11.6 Å². The summed E-state index contributed by atoms with van der Waals surface area (Å²) < 4.78 is 93.5. The molecule has 11 heteroatoms. The molecule has 0 saturated carbocycles. The zero-order valence-electron chi connectivity index (χ0n) is 14.0. The van der Waals surface area contributed by atoms with E-state index in [2.05, 4.69) is 9.82 Å². The van der Waals surface area contributed by atoms with E-state index in [-0.39, 0.29) is 25.1 Å². The second-order valence-corrected chi connectivity index (χ2v) is 7.91. The maximum atomic E-state index is 13.7. The number of hydrogen-bond acceptors (Lipinski definition) is 3. The zero-order chi connectivity index (χ0) is 19.8. The third-order valence-corrected chi connectivity index (χ3v) is 5.82. The Morgan fingerprint density at radius 1 is 1.15 bits per heavy atom. The van der Waals surface area contributed by atoms with E-state index in [4.69, 9.17) is 0 Å². The maximum absolute atomic E-state index is 13.7. The van der Waals surface area contributed by atoms with Crippen molar-refractivity contribution in [3.05, 3.63) is 46.8 Å². The molecule has 1 aromatic carbocycles. The van der Waals surface area contributed by atoms with Crippen LogP contribution < -0.4 is 4.72 Å². The fourth-order valence-electron chi connectivity index (χ4n) is 3.14. The number of aromatic nitrogens is 2. The van der Waals surface area contributed by atoms with Crippen molar-refractivity contribution in [2.75, 3.05) is 6.54 Å². The van der Waals surface area contributed by atoms with Crippen molar-refractivity contribution in [1.29, 1.82) is 0 Å². The predicted molar refractivity (Wildman–Crippen MR) is 85.4 cm³/mol. The standard InChI is InChI=1S/C16H16F5N3O2S/c17-10-5-6-14(12(18)9-10)27(25,26)22-7-8-24-13-4-2-1-3-11(13)15(23-24)16(19,20)21/h5-6,9,22H,1-4,7-8H2. The minimum atomic E-state index is -4.58. The van der Waals surface area contributed by atoms with Gasteiger partial charge in [0.1, 0.15) is 16.5 Å². The molecule has 27 heavy (non-hydrogen) atoms. The molecule has 0 fully saturated rings. The summed E-state index contributed by atoms with van der Waals surface area (Å²) in [6, 6.07) is 2.02. The number of nitrogens with zero attached hydrogens (tertiary/aromatic N) is 2. The third-order valence-electron chi connectivity index (χ3n) is 4.32. The Hall–Kier alpha value is -2.01. The van der Waals surface area contributed by atoms with Gasteiger partial charge in [0.05, 0.1) is 6.54 Å². The van der Waals surface area contributed by atoms with Crippen molar-refractivity contribution in [2.45, 2.75) is 43.3 Å². The van der Waals surface area contributed by atoms with E-state index in [0.717, 1.165) is 23.2 Å². The Morgan fingerprint density at radius 2 is 1.85 bits per heavy atom.